The first kappa shape index (κ1) is 16.9. The van der Waals surface area contributed by atoms with Gasteiger partial charge in [-0.2, -0.15) is 0 Å². The van der Waals surface area contributed by atoms with Crippen molar-refractivity contribution >= 4 is 17.5 Å². The van der Waals surface area contributed by atoms with Crippen molar-refractivity contribution in [1.82, 2.24) is 4.90 Å². The van der Waals surface area contributed by atoms with Crippen molar-refractivity contribution in [3.8, 4) is 0 Å². The molecule has 9 nitrogen and oxygen atoms in total. The van der Waals surface area contributed by atoms with E-state index in [0.29, 0.717) is 0 Å². The van der Waals surface area contributed by atoms with Gasteiger partial charge in [0.1, 0.15) is 0 Å². The van der Waals surface area contributed by atoms with Crippen molar-refractivity contribution in [2.45, 2.75) is 13.1 Å². The van der Waals surface area contributed by atoms with Crippen LogP contribution in [-0.4, -0.2) is 25.9 Å². The van der Waals surface area contributed by atoms with E-state index in [1.807, 2.05) is 0 Å². The quantitative estimate of drug-likeness (QED) is 0.639. The van der Waals surface area contributed by atoms with Crippen LogP contribution >= 0.6 is 0 Å². The summed E-state index contributed by atoms with van der Waals surface area (Å²) in [5, 5.41) is 31.4. The zero-order valence-electron chi connectivity index (χ0n) is 12.4. The van der Waals surface area contributed by atoms with Crippen LogP contribution in [-0.2, 0) is 13.1 Å². The molecule has 0 aromatic heterocycles. The number of nitro benzene ring substituents is 2. The van der Waals surface area contributed by atoms with Crippen LogP contribution in [0.25, 0.3) is 0 Å². The predicted octanol–water partition coefficient (Wildman–Crippen LogP) is 3.18. The van der Waals surface area contributed by atoms with E-state index in [9.17, 15) is 30.1 Å². The first-order valence-corrected chi connectivity index (χ1v) is 6.82. The number of nitro groups is 2. The van der Waals surface area contributed by atoms with Crippen molar-refractivity contribution in [3.05, 3.63) is 79.9 Å². The molecule has 0 heterocycles. The van der Waals surface area contributed by atoms with Crippen LogP contribution in [0.4, 0.5) is 16.2 Å². The van der Waals surface area contributed by atoms with Crippen LogP contribution in [0.5, 0.6) is 0 Å². The average molecular weight is 331 g/mol. The summed E-state index contributed by atoms with van der Waals surface area (Å²) in [5.74, 6) is 0. The van der Waals surface area contributed by atoms with Gasteiger partial charge in [-0.15, -0.1) is 0 Å². The molecule has 9 heteroatoms. The fraction of sp³-hybridized carbons (Fsp3) is 0.133. The molecule has 0 saturated heterocycles. The normalized spacial score (nSPS) is 10.2. The third-order valence-electron chi connectivity index (χ3n) is 3.37. The van der Waals surface area contributed by atoms with E-state index >= 15 is 0 Å². The van der Waals surface area contributed by atoms with Gasteiger partial charge in [0.05, 0.1) is 22.9 Å². The van der Waals surface area contributed by atoms with E-state index in [1.165, 1.54) is 36.4 Å². The molecule has 24 heavy (non-hydrogen) atoms. The van der Waals surface area contributed by atoms with Gasteiger partial charge in [-0.05, 0) is 0 Å². The molecular weight excluding hydrogens is 318 g/mol. The van der Waals surface area contributed by atoms with Gasteiger partial charge in [0.15, 0.2) is 0 Å². The number of carboxylic acid groups (broad SMARTS) is 1. The van der Waals surface area contributed by atoms with Crippen LogP contribution in [0.1, 0.15) is 11.1 Å². The summed E-state index contributed by atoms with van der Waals surface area (Å²) < 4.78 is 0. The highest BCUT2D eigenvalue weighted by atomic mass is 16.6. The van der Waals surface area contributed by atoms with Gasteiger partial charge in [-0.1, -0.05) is 36.4 Å². The Kier molecular flexibility index (Phi) is 5.05. The smallest absolute Gasteiger partial charge is 0.407 e. The Morgan fingerprint density at radius 1 is 0.875 bits per heavy atom. The van der Waals surface area contributed by atoms with Crippen molar-refractivity contribution in [2.24, 2.45) is 0 Å². The van der Waals surface area contributed by atoms with Crippen molar-refractivity contribution in [2.75, 3.05) is 0 Å². The lowest BCUT2D eigenvalue weighted by Gasteiger charge is -2.19. The molecule has 2 rings (SSSR count). The largest absolute Gasteiger partial charge is 0.465 e. The molecule has 1 amide bonds. The second-order valence-corrected chi connectivity index (χ2v) is 4.91. The molecule has 0 aliphatic carbocycles. The number of hydrogen-bond donors (Lipinski definition) is 1. The zero-order chi connectivity index (χ0) is 17.7. The molecule has 0 radical (unpaired) electrons. The lowest BCUT2D eigenvalue weighted by Crippen LogP contribution is -2.29. The van der Waals surface area contributed by atoms with Crippen molar-refractivity contribution < 1.29 is 19.7 Å². The minimum atomic E-state index is -1.33. The van der Waals surface area contributed by atoms with Crippen molar-refractivity contribution in [1.29, 1.82) is 0 Å². The molecule has 0 spiro atoms. The maximum Gasteiger partial charge on any atom is 0.407 e. The molecule has 0 aliphatic rings. The van der Waals surface area contributed by atoms with Gasteiger partial charge in [0.25, 0.3) is 11.4 Å². The van der Waals surface area contributed by atoms with Crippen LogP contribution in [0, 0.1) is 20.2 Å². The summed E-state index contributed by atoms with van der Waals surface area (Å²) in [4.78, 5) is 33.2. The van der Waals surface area contributed by atoms with Crippen LogP contribution in [0.2, 0.25) is 0 Å². The molecule has 0 aliphatic heterocycles. The molecule has 1 N–H and O–H groups in total. The number of hydrogen-bond acceptors (Lipinski definition) is 5. The molecular formula is C15H13N3O6. The summed E-state index contributed by atoms with van der Waals surface area (Å²) in [6, 6.07) is 11.5. The van der Waals surface area contributed by atoms with E-state index in [-0.39, 0.29) is 35.6 Å². The molecule has 0 bridgehead atoms. The first-order chi connectivity index (χ1) is 11.4. The second kappa shape index (κ2) is 7.18. The Balaban J connectivity index is 2.31. The topological polar surface area (TPSA) is 127 Å². The molecule has 2 aromatic rings. The Bertz CT molecular complexity index is 733. The van der Waals surface area contributed by atoms with Crippen molar-refractivity contribution in [3.63, 3.8) is 0 Å². The standard InChI is InChI=1S/C15H13N3O6/c19-15(20)16(9-11-5-1-3-7-13(11)17(21)22)10-12-6-2-4-8-14(12)18(23)24/h1-8H,9-10H2,(H,19,20). The minimum Gasteiger partial charge on any atom is -0.465 e. The molecule has 0 saturated carbocycles. The lowest BCUT2D eigenvalue weighted by molar-refractivity contribution is -0.385. The third-order valence-corrected chi connectivity index (χ3v) is 3.37. The number of amides is 1. The van der Waals surface area contributed by atoms with E-state index < -0.39 is 15.9 Å². The number of nitrogens with zero attached hydrogens (tertiary/aromatic N) is 3. The fourth-order valence-electron chi connectivity index (χ4n) is 2.25. The Morgan fingerprint density at radius 2 is 1.25 bits per heavy atom. The zero-order valence-corrected chi connectivity index (χ0v) is 12.4. The highest BCUT2D eigenvalue weighted by molar-refractivity contribution is 5.65. The SMILES string of the molecule is O=C(O)N(Cc1ccccc1[N+](=O)[O-])Cc1ccccc1[N+](=O)[O-]. The number of carbonyl (C=O) groups is 1. The summed E-state index contributed by atoms with van der Waals surface area (Å²) in [6.07, 6.45) is -1.33. The summed E-state index contributed by atoms with van der Waals surface area (Å²) in [6.45, 7) is -0.503. The fourth-order valence-corrected chi connectivity index (χ4v) is 2.25. The summed E-state index contributed by atoms with van der Waals surface area (Å²) in [7, 11) is 0. The Labute approximate surface area is 136 Å². The monoisotopic (exact) mass is 331 g/mol. The van der Waals surface area contributed by atoms with E-state index in [1.54, 1.807) is 12.1 Å². The van der Waals surface area contributed by atoms with Gasteiger partial charge < -0.3 is 5.11 Å². The minimum absolute atomic E-state index is 0.202. The first-order valence-electron chi connectivity index (χ1n) is 6.82. The molecule has 2 aromatic carbocycles. The van der Waals surface area contributed by atoms with E-state index in [2.05, 4.69) is 0 Å². The van der Waals surface area contributed by atoms with Crippen LogP contribution in [0.15, 0.2) is 48.5 Å². The van der Waals surface area contributed by atoms with Gasteiger partial charge in [-0.3, -0.25) is 25.1 Å². The van der Waals surface area contributed by atoms with E-state index in [4.69, 9.17) is 0 Å². The molecule has 0 unspecified atom stereocenters. The van der Waals surface area contributed by atoms with Gasteiger partial charge in [0, 0.05) is 23.3 Å². The highest BCUT2D eigenvalue weighted by Crippen LogP contribution is 2.23. The molecule has 0 atom stereocenters. The summed E-state index contributed by atoms with van der Waals surface area (Å²) in [5.41, 5.74) is 0.0181. The van der Waals surface area contributed by atoms with Gasteiger partial charge in [0.2, 0.25) is 0 Å². The van der Waals surface area contributed by atoms with Crippen LogP contribution < -0.4 is 0 Å². The predicted molar refractivity (Wildman–Crippen MR) is 83.5 cm³/mol. The molecule has 124 valence electrons. The average Bonchev–Trinajstić information content (AvgIpc) is 2.54. The third kappa shape index (κ3) is 3.83. The van der Waals surface area contributed by atoms with Gasteiger partial charge >= 0.3 is 6.09 Å². The number of benzene rings is 2. The maximum atomic E-state index is 11.5. The molecule has 0 fully saturated rings. The summed E-state index contributed by atoms with van der Waals surface area (Å²) >= 11 is 0. The van der Waals surface area contributed by atoms with E-state index in [0.717, 1.165) is 4.90 Å². The maximum absolute atomic E-state index is 11.5. The number of rotatable bonds is 6. The highest BCUT2D eigenvalue weighted by Gasteiger charge is 2.22. The van der Waals surface area contributed by atoms with Crippen LogP contribution in [0.3, 0.4) is 0 Å². The van der Waals surface area contributed by atoms with Gasteiger partial charge in [-0.25, -0.2) is 4.79 Å². The Morgan fingerprint density at radius 3 is 1.58 bits per heavy atom. The lowest BCUT2D eigenvalue weighted by atomic mass is 10.1. The Hall–Kier alpha value is -3.49. The second-order valence-electron chi connectivity index (χ2n) is 4.91. The number of para-hydroxylation sites is 2.